The molecule has 0 radical (unpaired) electrons. The molecule has 1 aromatic heterocycles. The normalized spacial score (nSPS) is 12.1. The van der Waals surface area contributed by atoms with Gasteiger partial charge in [-0.25, -0.2) is 0 Å². The lowest BCUT2D eigenvalue weighted by Gasteiger charge is -2.13. The van der Waals surface area contributed by atoms with Gasteiger partial charge < -0.3 is 5.32 Å². The van der Waals surface area contributed by atoms with Crippen LogP contribution in [0.2, 0.25) is 0 Å². The Morgan fingerprint density at radius 1 is 1.21 bits per heavy atom. The van der Waals surface area contributed by atoms with E-state index in [2.05, 4.69) is 36.5 Å². The second kappa shape index (κ2) is 7.10. The van der Waals surface area contributed by atoms with Crippen molar-refractivity contribution < 1.29 is 4.79 Å². The molecule has 0 spiro atoms. The quantitative estimate of drug-likeness (QED) is 0.858. The average molecular weight is 273 g/mol. The van der Waals surface area contributed by atoms with E-state index in [9.17, 15) is 4.79 Å². The predicted molar refractivity (Wildman–Crippen MR) is 80.4 cm³/mol. The smallest absolute Gasteiger partial charge is 0.225 e. The molecule has 1 heterocycles. The first-order valence-electron chi connectivity index (χ1n) is 6.59. The molecular weight excluding hydrogens is 254 g/mol. The third-order valence-electron chi connectivity index (χ3n) is 3.03. The van der Waals surface area contributed by atoms with E-state index < -0.39 is 0 Å². The van der Waals surface area contributed by atoms with Crippen LogP contribution in [-0.2, 0) is 17.6 Å². The monoisotopic (exact) mass is 273 g/mol. The van der Waals surface area contributed by atoms with Crippen LogP contribution in [0.1, 0.15) is 23.8 Å². The number of carbonyl (C=O) groups excluding carboxylic acids is 1. The van der Waals surface area contributed by atoms with Crippen molar-refractivity contribution in [2.75, 3.05) is 0 Å². The SMILES string of the molecule is C[C@H](CCc1ccccc1)NC(=O)Cc1cccs1. The van der Waals surface area contributed by atoms with E-state index >= 15 is 0 Å². The van der Waals surface area contributed by atoms with Crippen molar-refractivity contribution in [2.24, 2.45) is 0 Å². The van der Waals surface area contributed by atoms with E-state index in [-0.39, 0.29) is 11.9 Å². The van der Waals surface area contributed by atoms with E-state index in [0.29, 0.717) is 6.42 Å². The summed E-state index contributed by atoms with van der Waals surface area (Å²) in [6.45, 7) is 2.06. The van der Waals surface area contributed by atoms with Crippen LogP contribution in [0.15, 0.2) is 47.8 Å². The third-order valence-corrected chi connectivity index (χ3v) is 3.91. The van der Waals surface area contributed by atoms with Gasteiger partial charge in [-0.1, -0.05) is 36.4 Å². The number of nitrogens with one attached hydrogen (secondary N) is 1. The van der Waals surface area contributed by atoms with Gasteiger partial charge in [0, 0.05) is 10.9 Å². The van der Waals surface area contributed by atoms with Crippen LogP contribution in [0.25, 0.3) is 0 Å². The van der Waals surface area contributed by atoms with Crippen molar-refractivity contribution in [3.05, 3.63) is 58.3 Å². The zero-order chi connectivity index (χ0) is 13.5. The highest BCUT2D eigenvalue weighted by Crippen LogP contribution is 2.09. The molecule has 2 nitrogen and oxygen atoms in total. The summed E-state index contributed by atoms with van der Waals surface area (Å²) in [5.41, 5.74) is 1.32. The highest BCUT2D eigenvalue weighted by molar-refractivity contribution is 7.10. The number of carbonyl (C=O) groups is 1. The Kier molecular flexibility index (Phi) is 5.16. The van der Waals surface area contributed by atoms with Crippen LogP contribution in [0.4, 0.5) is 0 Å². The molecule has 1 N–H and O–H groups in total. The first-order valence-corrected chi connectivity index (χ1v) is 7.47. The standard InChI is InChI=1S/C16H19NOS/c1-13(9-10-14-6-3-2-4-7-14)17-16(18)12-15-8-5-11-19-15/h2-8,11,13H,9-10,12H2,1H3,(H,17,18)/t13-/m1/s1. The lowest BCUT2D eigenvalue weighted by molar-refractivity contribution is -0.121. The number of aryl methyl sites for hydroxylation is 1. The molecule has 0 saturated carbocycles. The first-order chi connectivity index (χ1) is 9.24. The maximum absolute atomic E-state index is 11.8. The minimum Gasteiger partial charge on any atom is -0.353 e. The molecule has 0 unspecified atom stereocenters. The van der Waals surface area contributed by atoms with Crippen molar-refractivity contribution in [2.45, 2.75) is 32.2 Å². The number of benzene rings is 1. The molecule has 0 fully saturated rings. The fourth-order valence-electron chi connectivity index (χ4n) is 2.00. The van der Waals surface area contributed by atoms with Crippen LogP contribution >= 0.6 is 11.3 Å². The summed E-state index contributed by atoms with van der Waals surface area (Å²) in [6, 6.07) is 14.6. The Labute approximate surface area is 118 Å². The molecule has 19 heavy (non-hydrogen) atoms. The lowest BCUT2D eigenvalue weighted by atomic mass is 10.1. The van der Waals surface area contributed by atoms with Gasteiger partial charge in [-0.15, -0.1) is 11.3 Å². The predicted octanol–water partition coefficient (Wildman–Crippen LogP) is 3.43. The maximum atomic E-state index is 11.8. The first kappa shape index (κ1) is 13.8. The zero-order valence-corrected chi connectivity index (χ0v) is 12.0. The van der Waals surface area contributed by atoms with E-state index in [4.69, 9.17) is 0 Å². The zero-order valence-electron chi connectivity index (χ0n) is 11.1. The molecular formula is C16H19NOS. The number of amides is 1. The summed E-state index contributed by atoms with van der Waals surface area (Å²) < 4.78 is 0. The van der Waals surface area contributed by atoms with Crippen LogP contribution in [0.3, 0.4) is 0 Å². The van der Waals surface area contributed by atoms with Gasteiger partial charge in [0.1, 0.15) is 0 Å². The summed E-state index contributed by atoms with van der Waals surface area (Å²) in [4.78, 5) is 12.9. The second-order valence-electron chi connectivity index (χ2n) is 4.75. The fraction of sp³-hybridized carbons (Fsp3) is 0.312. The molecule has 1 atom stereocenters. The van der Waals surface area contributed by atoms with Gasteiger partial charge in [0.2, 0.25) is 5.91 Å². The average Bonchev–Trinajstić information content (AvgIpc) is 2.90. The Morgan fingerprint density at radius 2 is 2.00 bits per heavy atom. The minimum absolute atomic E-state index is 0.114. The topological polar surface area (TPSA) is 29.1 Å². The third kappa shape index (κ3) is 4.87. The Balaban J connectivity index is 1.72. The van der Waals surface area contributed by atoms with Gasteiger partial charge in [0.25, 0.3) is 0 Å². The van der Waals surface area contributed by atoms with Gasteiger partial charge in [0.15, 0.2) is 0 Å². The van der Waals surface area contributed by atoms with Crippen LogP contribution in [0, 0.1) is 0 Å². The molecule has 0 aliphatic heterocycles. The van der Waals surface area contributed by atoms with E-state index in [1.807, 2.05) is 23.6 Å². The largest absolute Gasteiger partial charge is 0.353 e. The van der Waals surface area contributed by atoms with Gasteiger partial charge in [0.05, 0.1) is 6.42 Å². The molecule has 1 aromatic carbocycles. The molecule has 2 aromatic rings. The van der Waals surface area contributed by atoms with Crippen LogP contribution in [0.5, 0.6) is 0 Å². The summed E-state index contributed by atoms with van der Waals surface area (Å²) in [5.74, 6) is 0.114. The summed E-state index contributed by atoms with van der Waals surface area (Å²) in [6.07, 6.45) is 2.47. The molecule has 0 aliphatic carbocycles. The molecule has 1 amide bonds. The second-order valence-corrected chi connectivity index (χ2v) is 5.78. The summed E-state index contributed by atoms with van der Waals surface area (Å²) in [5, 5.41) is 5.06. The highest BCUT2D eigenvalue weighted by atomic mass is 32.1. The van der Waals surface area contributed by atoms with Crippen molar-refractivity contribution in [3.63, 3.8) is 0 Å². The summed E-state index contributed by atoms with van der Waals surface area (Å²) >= 11 is 1.63. The van der Waals surface area contributed by atoms with Crippen molar-refractivity contribution in [1.29, 1.82) is 0 Å². The number of hydrogen-bond acceptors (Lipinski definition) is 2. The van der Waals surface area contributed by atoms with Crippen LogP contribution < -0.4 is 5.32 Å². The lowest BCUT2D eigenvalue weighted by Crippen LogP contribution is -2.33. The minimum atomic E-state index is 0.114. The van der Waals surface area contributed by atoms with Gasteiger partial charge >= 0.3 is 0 Å². The Bertz CT molecular complexity index is 493. The molecule has 3 heteroatoms. The maximum Gasteiger partial charge on any atom is 0.225 e. The number of hydrogen-bond donors (Lipinski definition) is 1. The van der Waals surface area contributed by atoms with Crippen molar-refractivity contribution >= 4 is 17.2 Å². The van der Waals surface area contributed by atoms with Gasteiger partial charge in [-0.2, -0.15) is 0 Å². The fourth-order valence-corrected chi connectivity index (χ4v) is 2.70. The van der Waals surface area contributed by atoms with Gasteiger partial charge in [-0.05, 0) is 36.8 Å². The van der Waals surface area contributed by atoms with Gasteiger partial charge in [-0.3, -0.25) is 4.79 Å². The molecule has 0 bridgehead atoms. The van der Waals surface area contributed by atoms with Crippen molar-refractivity contribution in [3.8, 4) is 0 Å². The summed E-state index contributed by atoms with van der Waals surface area (Å²) in [7, 11) is 0. The Morgan fingerprint density at radius 3 is 2.68 bits per heavy atom. The van der Waals surface area contributed by atoms with Crippen molar-refractivity contribution in [1.82, 2.24) is 5.32 Å². The molecule has 100 valence electrons. The number of rotatable bonds is 6. The van der Waals surface area contributed by atoms with E-state index in [0.717, 1.165) is 17.7 Å². The Hall–Kier alpha value is -1.61. The molecule has 2 rings (SSSR count). The number of thiophene rings is 1. The molecule has 0 saturated heterocycles. The molecule has 0 aliphatic rings. The van der Waals surface area contributed by atoms with E-state index in [1.54, 1.807) is 11.3 Å². The highest BCUT2D eigenvalue weighted by Gasteiger charge is 2.08. The van der Waals surface area contributed by atoms with E-state index in [1.165, 1.54) is 5.56 Å². The van der Waals surface area contributed by atoms with Crippen LogP contribution in [-0.4, -0.2) is 11.9 Å².